The molecule has 2 aromatic carbocycles. The Morgan fingerprint density at radius 2 is 1.68 bits per heavy atom. The van der Waals surface area contributed by atoms with Gasteiger partial charge in [0, 0.05) is 24.0 Å². The van der Waals surface area contributed by atoms with Gasteiger partial charge in [0.1, 0.15) is 0 Å². The Kier molecular flexibility index (Phi) is 8.58. The highest BCUT2D eigenvalue weighted by Crippen LogP contribution is 2.35. The summed E-state index contributed by atoms with van der Waals surface area (Å²) in [4.78, 5) is 13.0. The third-order valence-corrected chi connectivity index (χ3v) is 7.16. The van der Waals surface area contributed by atoms with E-state index in [2.05, 4.69) is 25.0 Å². The number of hydrogen-bond donors (Lipinski definition) is 4. The van der Waals surface area contributed by atoms with Crippen LogP contribution >= 0.6 is 0 Å². The van der Waals surface area contributed by atoms with Crippen LogP contribution in [-0.2, 0) is 10.9 Å². The first-order chi connectivity index (χ1) is 19.4. The molecule has 1 unspecified atom stereocenters. The first-order valence-corrected chi connectivity index (χ1v) is 13.9. The molecule has 0 radical (unpaired) electrons. The van der Waals surface area contributed by atoms with E-state index in [1.807, 2.05) is 0 Å². The van der Waals surface area contributed by atoms with Crippen molar-refractivity contribution in [3.63, 3.8) is 0 Å². The van der Waals surface area contributed by atoms with Gasteiger partial charge in [0.05, 0.1) is 23.4 Å². The second-order valence-corrected chi connectivity index (χ2v) is 10.2. The standard InChI is InChI=1S/C28H27F2N5O4S/c29-24-21(26(35-40(37)38)17-5-2-1-3-6-17)12-13-23(25(24)30)39-27-20(7-4-15-31-27)22-14-16-32-28(34-22)33-18-8-10-19(36)11-9-18/h1-7,12-16,18-19,26,36,40H,8-11H2,(H,32,33,34)(H,35,37,38)/t18-,19-,26?. The molecule has 0 bridgehead atoms. The van der Waals surface area contributed by atoms with E-state index in [4.69, 9.17) is 4.74 Å². The fourth-order valence-corrected chi connectivity index (χ4v) is 5.17. The summed E-state index contributed by atoms with van der Waals surface area (Å²) in [7, 11) is -3.11. The van der Waals surface area contributed by atoms with Gasteiger partial charge < -0.3 is 15.2 Å². The van der Waals surface area contributed by atoms with Crippen molar-refractivity contribution in [1.29, 1.82) is 0 Å². The van der Waals surface area contributed by atoms with E-state index >= 15 is 8.78 Å². The van der Waals surface area contributed by atoms with E-state index in [-0.39, 0.29) is 23.6 Å². The first-order valence-electron chi connectivity index (χ1n) is 12.7. The maximum Gasteiger partial charge on any atom is 0.228 e. The summed E-state index contributed by atoms with van der Waals surface area (Å²) in [5.41, 5.74) is 1.14. The predicted molar refractivity (Wildman–Crippen MR) is 145 cm³/mol. The minimum Gasteiger partial charge on any atom is -0.435 e. The van der Waals surface area contributed by atoms with Crippen LogP contribution in [0.3, 0.4) is 0 Å². The molecule has 1 atom stereocenters. The minimum absolute atomic E-state index is 0.000592. The van der Waals surface area contributed by atoms with Gasteiger partial charge in [-0.25, -0.2) is 32.5 Å². The lowest BCUT2D eigenvalue weighted by Gasteiger charge is -2.26. The third-order valence-electron chi connectivity index (χ3n) is 6.69. The van der Waals surface area contributed by atoms with Crippen LogP contribution in [0.25, 0.3) is 11.3 Å². The molecule has 40 heavy (non-hydrogen) atoms. The number of benzene rings is 2. The average molecular weight is 568 g/mol. The van der Waals surface area contributed by atoms with Gasteiger partial charge in [-0.3, -0.25) is 0 Å². The summed E-state index contributed by atoms with van der Waals surface area (Å²) in [6.07, 6.45) is 5.75. The molecule has 4 aromatic rings. The molecule has 1 aliphatic carbocycles. The number of pyridine rings is 1. The summed E-state index contributed by atoms with van der Waals surface area (Å²) >= 11 is 0. The number of rotatable bonds is 9. The van der Waals surface area contributed by atoms with Gasteiger partial charge in [-0.15, -0.1) is 0 Å². The second-order valence-electron chi connectivity index (χ2n) is 9.38. The van der Waals surface area contributed by atoms with Crippen molar-refractivity contribution in [3.8, 4) is 22.9 Å². The van der Waals surface area contributed by atoms with Crippen LogP contribution in [0, 0.1) is 11.6 Å². The molecule has 0 aliphatic heterocycles. The first kappa shape index (κ1) is 27.6. The molecule has 208 valence electrons. The Balaban J connectivity index is 1.41. The number of aliphatic hydroxyl groups is 1. The smallest absolute Gasteiger partial charge is 0.228 e. The molecule has 1 aliphatic rings. The zero-order valence-corrected chi connectivity index (χ0v) is 22.1. The van der Waals surface area contributed by atoms with Gasteiger partial charge >= 0.3 is 0 Å². The molecule has 0 saturated heterocycles. The molecular weight excluding hydrogens is 540 g/mol. The Labute approximate surface area is 231 Å². The van der Waals surface area contributed by atoms with Gasteiger partial charge in [-0.2, -0.15) is 4.39 Å². The van der Waals surface area contributed by atoms with Crippen LogP contribution in [0.1, 0.15) is 42.9 Å². The number of hydrogen-bond acceptors (Lipinski definition) is 8. The van der Waals surface area contributed by atoms with Crippen molar-refractivity contribution in [2.75, 3.05) is 5.32 Å². The van der Waals surface area contributed by atoms with E-state index < -0.39 is 34.3 Å². The molecule has 3 N–H and O–H groups in total. The number of aliphatic hydroxyl groups excluding tert-OH is 1. The van der Waals surface area contributed by atoms with E-state index in [1.54, 1.807) is 54.7 Å². The Hall–Kier alpha value is -4.00. The molecule has 2 aromatic heterocycles. The normalized spacial score (nSPS) is 17.9. The molecule has 0 amide bonds. The highest BCUT2D eigenvalue weighted by Gasteiger charge is 2.25. The van der Waals surface area contributed by atoms with Crippen molar-refractivity contribution in [1.82, 2.24) is 19.7 Å². The monoisotopic (exact) mass is 567 g/mol. The summed E-state index contributed by atoms with van der Waals surface area (Å²) in [5.74, 6) is -2.57. The van der Waals surface area contributed by atoms with Crippen LogP contribution in [0.15, 0.2) is 73.1 Å². The topological polar surface area (TPSA) is 126 Å². The van der Waals surface area contributed by atoms with Crippen LogP contribution < -0.4 is 14.8 Å². The fraction of sp³-hybridized carbons (Fsp3) is 0.250. The number of aromatic nitrogens is 3. The Morgan fingerprint density at radius 3 is 2.42 bits per heavy atom. The van der Waals surface area contributed by atoms with Gasteiger partial charge in [0.25, 0.3) is 0 Å². The second kappa shape index (κ2) is 12.5. The van der Waals surface area contributed by atoms with Crippen LogP contribution in [0.4, 0.5) is 14.7 Å². The van der Waals surface area contributed by atoms with Crippen molar-refractivity contribution in [2.45, 2.75) is 43.9 Å². The largest absolute Gasteiger partial charge is 0.435 e. The van der Waals surface area contributed by atoms with Crippen LogP contribution in [0.2, 0.25) is 0 Å². The molecule has 2 heterocycles. The lowest BCUT2D eigenvalue weighted by molar-refractivity contribution is 0.126. The van der Waals surface area contributed by atoms with Crippen LogP contribution in [-0.4, -0.2) is 40.6 Å². The summed E-state index contributed by atoms with van der Waals surface area (Å²) in [6, 6.07) is 14.8. The third kappa shape index (κ3) is 6.41. The van der Waals surface area contributed by atoms with Gasteiger partial charge in [0.2, 0.25) is 28.5 Å². The quantitative estimate of drug-likeness (QED) is 0.218. The van der Waals surface area contributed by atoms with Gasteiger partial charge in [0.15, 0.2) is 11.6 Å². The number of anilines is 1. The minimum atomic E-state index is -3.11. The van der Waals surface area contributed by atoms with E-state index in [9.17, 15) is 13.5 Å². The van der Waals surface area contributed by atoms with Gasteiger partial charge in [-0.05, 0) is 55.5 Å². The zero-order valence-electron chi connectivity index (χ0n) is 21.2. The molecule has 1 saturated carbocycles. The summed E-state index contributed by atoms with van der Waals surface area (Å²) < 4.78 is 61.5. The molecule has 0 spiro atoms. The Morgan fingerprint density at radius 1 is 0.900 bits per heavy atom. The molecular formula is C28H27F2N5O4S. The molecule has 9 nitrogen and oxygen atoms in total. The molecule has 12 heteroatoms. The highest BCUT2D eigenvalue weighted by molar-refractivity contribution is 7.70. The predicted octanol–water partition coefficient (Wildman–Crippen LogP) is 4.53. The van der Waals surface area contributed by atoms with Crippen molar-refractivity contribution >= 4 is 16.8 Å². The Bertz CT molecular complexity index is 1540. The molecule has 5 rings (SSSR count). The average Bonchev–Trinajstić information content (AvgIpc) is 2.97. The maximum atomic E-state index is 15.3. The molecule has 1 fully saturated rings. The van der Waals surface area contributed by atoms with E-state index in [0.29, 0.717) is 35.6 Å². The van der Waals surface area contributed by atoms with Crippen molar-refractivity contribution in [3.05, 3.63) is 95.8 Å². The maximum absolute atomic E-state index is 15.3. The fourth-order valence-electron chi connectivity index (χ4n) is 4.68. The SMILES string of the molecule is O=[SH](=O)NC(c1ccccc1)c1ccc(Oc2ncccc2-c2ccnc(N[C@H]3CC[C@H](O)CC3)n2)c(F)c1F. The zero-order chi connectivity index (χ0) is 28.1. The number of nitrogens with zero attached hydrogens (tertiary/aromatic N) is 3. The van der Waals surface area contributed by atoms with Crippen LogP contribution in [0.5, 0.6) is 11.6 Å². The van der Waals surface area contributed by atoms with Crippen molar-refractivity contribution in [2.24, 2.45) is 0 Å². The number of ether oxygens (including phenoxy) is 1. The van der Waals surface area contributed by atoms with Crippen molar-refractivity contribution < 1.29 is 27.0 Å². The van der Waals surface area contributed by atoms with Gasteiger partial charge in [-0.1, -0.05) is 36.4 Å². The lowest BCUT2D eigenvalue weighted by atomic mass is 9.93. The van der Waals surface area contributed by atoms with E-state index in [1.165, 1.54) is 18.3 Å². The lowest BCUT2D eigenvalue weighted by Crippen LogP contribution is -2.28. The highest BCUT2D eigenvalue weighted by atomic mass is 32.2. The summed E-state index contributed by atoms with van der Waals surface area (Å²) in [5, 5.41) is 13.0. The number of thiol groups is 1. The number of halogens is 2. The summed E-state index contributed by atoms with van der Waals surface area (Å²) in [6.45, 7) is 0. The van der Waals surface area contributed by atoms with E-state index in [0.717, 1.165) is 12.8 Å². The number of nitrogens with one attached hydrogen (secondary N) is 2.